The number of carbonyl (C=O) groups excluding carboxylic acids is 2. The summed E-state index contributed by atoms with van der Waals surface area (Å²) in [6, 6.07) is 7.03. The fourth-order valence-electron chi connectivity index (χ4n) is 3.24. The van der Waals surface area contributed by atoms with Crippen molar-refractivity contribution in [2.24, 2.45) is 0 Å². The van der Waals surface area contributed by atoms with Gasteiger partial charge in [0, 0.05) is 42.8 Å². The van der Waals surface area contributed by atoms with E-state index in [1.165, 1.54) is 21.7 Å². The summed E-state index contributed by atoms with van der Waals surface area (Å²) in [7, 11) is -3.40. The van der Waals surface area contributed by atoms with Crippen molar-refractivity contribution in [1.82, 2.24) is 14.5 Å². The smallest absolute Gasteiger partial charge is 0.320 e. The predicted molar refractivity (Wildman–Crippen MR) is 121 cm³/mol. The van der Waals surface area contributed by atoms with Gasteiger partial charge in [-0.05, 0) is 6.07 Å². The fourth-order valence-corrected chi connectivity index (χ4v) is 5.56. The van der Waals surface area contributed by atoms with Gasteiger partial charge < -0.3 is 10.2 Å². The number of nitrogens with zero attached hydrogens (tertiary/aromatic N) is 2. The Labute approximate surface area is 179 Å². The van der Waals surface area contributed by atoms with E-state index in [-0.39, 0.29) is 37.8 Å². The van der Waals surface area contributed by atoms with Crippen LogP contribution in [0.5, 0.6) is 0 Å². The van der Waals surface area contributed by atoms with Crippen molar-refractivity contribution in [3.63, 3.8) is 0 Å². The molecule has 0 unspecified atom stereocenters. The summed E-state index contributed by atoms with van der Waals surface area (Å²) in [4.78, 5) is 27.1. The largest absolute Gasteiger partial charge is 0.336 e. The lowest BCUT2D eigenvalue weighted by molar-refractivity contribution is 0.0701. The van der Waals surface area contributed by atoms with Crippen LogP contribution in [0.4, 0.5) is 9.80 Å². The van der Waals surface area contributed by atoms with Crippen molar-refractivity contribution < 1.29 is 18.0 Å². The summed E-state index contributed by atoms with van der Waals surface area (Å²) in [5, 5.41) is 6.62. The molecule has 8 nitrogen and oxygen atoms in total. The van der Waals surface area contributed by atoms with Crippen LogP contribution in [0.25, 0.3) is 10.1 Å². The highest BCUT2D eigenvalue weighted by Crippen LogP contribution is 2.36. The summed E-state index contributed by atoms with van der Waals surface area (Å²) in [6.45, 7) is 8.37. The van der Waals surface area contributed by atoms with Gasteiger partial charge in [-0.3, -0.25) is 10.1 Å². The number of hydrogen-bond donors (Lipinski definition) is 2. The highest BCUT2D eigenvalue weighted by atomic mass is 32.2. The fraction of sp³-hybridized carbons (Fsp3) is 0.300. The summed E-state index contributed by atoms with van der Waals surface area (Å²) >= 11 is 1.33. The first kappa shape index (κ1) is 22.0. The number of benzene rings is 1. The maximum atomic E-state index is 13.3. The van der Waals surface area contributed by atoms with Crippen molar-refractivity contribution in [2.45, 2.75) is 0 Å². The Balaban J connectivity index is 1.82. The molecule has 2 aromatic rings. The number of nitrogens with one attached hydrogen (secondary N) is 2. The number of thiophene rings is 1. The third kappa shape index (κ3) is 4.72. The molecular weight excluding hydrogens is 424 g/mol. The molecule has 0 atom stereocenters. The normalized spacial score (nSPS) is 15.0. The Hall–Kier alpha value is -2.69. The molecule has 30 heavy (non-hydrogen) atoms. The van der Waals surface area contributed by atoms with Gasteiger partial charge in [-0.15, -0.1) is 24.5 Å². The summed E-state index contributed by atoms with van der Waals surface area (Å²) in [5.74, 6) is -0.350. The Morgan fingerprint density at radius 2 is 1.80 bits per heavy atom. The maximum Gasteiger partial charge on any atom is 0.320 e. The van der Waals surface area contributed by atoms with E-state index in [1.54, 1.807) is 11.0 Å². The summed E-state index contributed by atoms with van der Waals surface area (Å²) in [5.41, 5.74) is 0.423. The minimum Gasteiger partial charge on any atom is -0.336 e. The van der Waals surface area contributed by atoms with Gasteiger partial charge in [0.25, 0.3) is 5.91 Å². The van der Waals surface area contributed by atoms with E-state index in [0.717, 1.165) is 10.1 Å². The summed E-state index contributed by atoms with van der Waals surface area (Å²) < 4.78 is 26.7. The SMILES string of the molecule is C=CCNC(=O)Nc1sc2ccccc2c1C(=O)N1CCN(S(=O)(=O)CC=C)CC1. The third-order valence-electron chi connectivity index (χ3n) is 4.69. The van der Waals surface area contributed by atoms with Crippen LogP contribution in [0.3, 0.4) is 0 Å². The molecule has 1 aliphatic rings. The number of hydrogen-bond acceptors (Lipinski definition) is 5. The number of fused-ring (bicyclic) bond motifs is 1. The van der Waals surface area contributed by atoms with Gasteiger partial charge in [-0.25, -0.2) is 13.2 Å². The van der Waals surface area contributed by atoms with E-state index >= 15 is 0 Å². The number of rotatable bonds is 7. The van der Waals surface area contributed by atoms with Crippen molar-refractivity contribution >= 4 is 48.4 Å². The van der Waals surface area contributed by atoms with Crippen LogP contribution in [0, 0.1) is 0 Å². The van der Waals surface area contributed by atoms with Gasteiger partial charge in [-0.1, -0.05) is 30.4 Å². The standard InChI is InChI=1S/C20H24N4O4S2/c1-3-9-21-20(26)22-18-17(15-7-5-6-8-16(15)29-18)19(25)23-10-12-24(13-11-23)30(27,28)14-4-2/h3-8H,1-2,9-14H2,(H2,21,22,26). The quantitative estimate of drug-likeness (QED) is 0.636. The number of amides is 3. The molecule has 1 aromatic heterocycles. The minimum atomic E-state index is -3.40. The predicted octanol–water partition coefficient (Wildman–Crippen LogP) is 2.48. The van der Waals surface area contributed by atoms with E-state index in [0.29, 0.717) is 17.1 Å². The lowest BCUT2D eigenvalue weighted by Crippen LogP contribution is -2.51. The van der Waals surface area contributed by atoms with Crippen LogP contribution in [0.1, 0.15) is 10.4 Å². The molecule has 0 spiro atoms. The van der Waals surface area contributed by atoms with E-state index in [4.69, 9.17) is 0 Å². The Morgan fingerprint density at radius 1 is 1.10 bits per heavy atom. The number of urea groups is 1. The second kappa shape index (κ2) is 9.41. The molecule has 1 fully saturated rings. The van der Waals surface area contributed by atoms with Crippen LogP contribution in [-0.2, 0) is 10.0 Å². The molecule has 3 amide bonds. The Bertz CT molecular complexity index is 1070. The highest BCUT2D eigenvalue weighted by molar-refractivity contribution is 7.89. The lowest BCUT2D eigenvalue weighted by Gasteiger charge is -2.34. The average Bonchev–Trinajstić information content (AvgIpc) is 3.09. The topological polar surface area (TPSA) is 98.8 Å². The van der Waals surface area contributed by atoms with E-state index in [9.17, 15) is 18.0 Å². The number of sulfonamides is 1. The number of anilines is 1. The van der Waals surface area contributed by atoms with Crippen LogP contribution >= 0.6 is 11.3 Å². The van der Waals surface area contributed by atoms with Crippen molar-refractivity contribution in [2.75, 3.05) is 43.8 Å². The first-order valence-corrected chi connectivity index (χ1v) is 11.8. The Kier molecular flexibility index (Phi) is 6.91. The van der Waals surface area contributed by atoms with Gasteiger partial charge in [0.15, 0.2) is 0 Å². The van der Waals surface area contributed by atoms with Crippen LogP contribution in [-0.4, -0.2) is 68.0 Å². The molecule has 0 radical (unpaired) electrons. The van der Waals surface area contributed by atoms with Crippen molar-refractivity contribution in [1.29, 1.82) is 0 Å². The molecule has 2 heterocycles. The van der Waals surface area contributed by atoms with Crippen LogP contribution in [0.15, 0.2) is 49.6 Å². The van der Waals surface area contributed by atoms with Gasteiger partial charge in [-0.2, -0.15) is 4.31 Å². The molecule has 0 bridgehead atoms. The molecule has 2 N–H and O–H groups in total. The first-order valence-electron chi connectivity index (χ1n) is 9.42. The summed E-state index contributed by atoms with van der Waals surface area (Å²) in [6.07, 6.45) is 2.93. The monoisotopic (exact) mass is 448 g/mol. The second-order valence-electron chi connectivity index (χ2n) is 6.68. The van der Waals surface area contributed by atoms with Gasteiger partial charge >= 0.3 is 6.03 Å². The van der Waals surface area contributed by atoms with E-state index < -0.39 is 16.1 Å². The molecule has 1 saturated heterocycles. The van der Waals surface area contributed by atoms with Crippen LogP contribution in [0.2, 0.25) is 0 Å². The lowest BCUT2D eigenvalue weighted by atomic mass is 10.1. The highest BCUT2D eigenvalue weighted by Gasteiger charge is 2.31. The minimum absolute atomic E-state index is 0.121. The zero-order valence-corrected chi connectivity index (χ0v) is 18.1. The average molecular weight is 449 g/mol. The van der Waals surface area contributed by atoms with Crippen molar-refractivity contribution in [3.8, 4) is 0 Å². The second-order valence-corrected chi connectivity index (χ2v) is 9.75. The van der Waals surface area contributed by atoms with Gasteiger partial charge in [0.1, 0.15) is 5.00 Å². The molecule has 3 rings (SSSR count). The van der Waals surface area contributed by atoms with Gasteiger partial charge in [0.05, 0.1) is 11.3 Å². The zero-order chi connectivity index (χ0) is 21.7. The van der Waals surface area contributed by atoms with Crippen molar-refractivity contribution in [3.05, 3.63) is 55.1 Å². The molecule has 1 aromatic carbocycles. The maximum absolute atomic E-state index is 13.3. The van der Waals surface area contributed by atoms with E-state index in [1.807, 2.05) is 24.3 Å². The first-order chi connectivity index (χ1) is 14.4. The molecule has 10 heteroatoms. The van der Waals surface area contributed by atoms with Gasteiger partial charge in [0.2, 0.25) is 10.0 Å². The molecule has 160 valence electrons. The number of piperazine rings is 1. The molecule has 0 saturated carbocycles. The molecule has 1 aliphatic heterocycles. The van der Waals surface area contributed by atoms with E-state index in [2.05, 4.69) is 23.8 Å². The molecule has 0 aliphatic carbocycles. The Morgan fingerprint density at radius 3 is 2.47 bits per heavy atom. The number of carbonyl (C=O) groups is 2. The third-order valence-corrected chi connectivity index (χ3v) is 7.59. The van der Waals surface area contributed by atoms with Crippen LogP contribution < -0.4 is 10.6 Å². The molecular formula is C20H24N4O4S2. The zero-order valence-electron chi connectivity index (χ0n) is 16.5.